The summed E-state index contributed by atoms with van der Waals surface area (Å²) in [6, 6.07) is 8.09. The fraction of sp³-hybridized carbons (Fsp3) is 0.500. The molecule has 1 N–H and O–H groups in total. The number of fused-ring (bicyclic) bond motifs is 1. The van der Waals surface area contributed by atoms with Crippen LogP contribution in [-0.4, -0.2) is 20.3 Å². The molecule has 0 saturated heterocycles. The third-order valence-electron chi connectivity index (χ3n) is 3.31. The van der Waals surface area contributed by atoms with E-state index in [4.69, 9.17) is 0 Å². The van der Waals surface area contributed by atoms with Gasteiger partial charge in [-0.3, -0.25) is 0 Å². The van der Waals surface area contributed by atoms with E-state index >= 15 is 0 Å². The molecule has 1 aromatic carbocycles. The second kappa shape index (κ2) is 4.49. The van der Waals surface area contributed by atoms with Crippen molar-refractivity contribution in [1.29, 1.82) is 0 Å². The summed E-state index contributed by atoms with van der Waals surface area (Å²) < 4.78 is 2.14. The van der Waals surface area contributed by atoms with Crippen LogP contribution in [0.4, 0.5) is 0 Å². The predicted octanol–water partition coefficient (Wildman–Crippen LogP) is 2.76. The Kier molecular flexibility index (Phi) is 3.20. The Morgan fingerprint density at radius 2 is 2.00 bits per heavy atom. The first-order chi connectivity index (χ1) is 8.07. The van der Waals surface area contributed by atoms with Crippen LogP contribution in [0.3, 0.4) is 0 Å². The topological polar surface area (TPSA) is 38.0 Å². The van der Waals surface area contributed by atoms with Gasteiger partial charge in [0.2, 0.25) is 0 Å². The molecule has 0 fully saturated rings. The van der Waals surface area contributed by atoms with Gasteiger partial charge in [0.1, 0.15) is 5.82 Å². The molecule has 92 valence electrons. The summed E-state index contributed by atoms with van der Waals surface area (Å²) in [6.45, 7) is 6.58. The van der Waals surface area contributed by atoms with Crippen LogP contribution in [0.5, 0.6) is 0 Å². The fourth-order valence-corrected chi connectivity index (χ4v) is 2.02. The van der Waals surface area contributed by atoms with E-state index in [0.29, 0.717) is 6.54 Å². The number of imidazole rings is 1. The molecule has 0 aliphatic carbocycles. The van der Waals surface area contributed by atoms with Gasteiger partial charge in [-0.2, -0.15) is 0 Å². The SMILES string of the molecule is CCc1nc2ccccc2n1CC(C)(O)CC. The van der Waals surface area contributed by atoms with Crippen LogP contribution in [0.25, 0.3) is 11.0 Å². The molecule has 3 nitrogen and oxygen atoms in total. The Bertz CT molecular complexity index is 514. The Morgan fingerprint density at radius 1 is 1.29 bits per heavy atom. The minimum absolute atomic E-state index is 0.604. The molecule has 17 heavy (non-hydrogen) atoms. The number of hydrogen-bond donors (Lipinski definition) is 1. The molecule has 1 aromatic heterocycles. The molecule has 0 saturated carbocycles. The molecule has 0 bridgehead atoms. The van der Waals surface area contributed by atoms with Crippen LogP contribution in [0.2, 0.25) is 0 Å². The van der Waals surface area contributed by atoms with Crippen molar-refractivity contribution in [2.45, 2.75) is 45.8 Å². The molecule has 1 heterocycles. The molecule has 0 aliphatic rings. The summed E-state index contributed by atoms with van der Waals surface area (Å²) >= 11 is 0. The molecule has 2 aromatic rings. The summed E-state index contributed by atoms with van der Waals surface area (Å²) in [4.78, 5) is 4.60. The van der Waals surface area contributed by atoms with Crippen LogP contribution in [-0.2, 0) is 13.0 Å². The highest BCUT2D eigenvalue weighted by Crippen LogP contribution is 2.21. The lowest BCUT2D eigenvalue weighted by molar-refractivity contribution is 0.0383. The second-order valence-corrected chi connectivity index (χ2v) is 4.81. The maximum Gasteiger partial charge on any atom is 0.109 e. The lowest BCUT2D eigenvalue weighted by atomic mass is 10.0. The van der Waals surface area contributed by atoms with Crippen molar-refractivity contribution in [1.82, 2.24) is 9.55 Å². The van der Waals surface area contributed by atoms with Gasteiger partial charge >= 0.3 is 0 Å². The summed E-state index contributed by atoms with van der Waals surface area (Å²) in [5, 5.41) is 10.2. The van der Waals surface area contributed by atoms with Crippen molar-refractivity contribution < 1.29 is 5.11 Å². The number of aryl methyl sites for hydroxylation is 1. The molecule has 0 amide bonds. The summed E-state index contributed by atoms with van der Waals surface area (Å²) in [6.07, 6.45) is 1.62. The normalized spacial score (nSPS) is 15.1. The molecular formula is C14H20N2O. The minimum Gasteiger partial charge on any atom is -0.388 e. The van der Waals surface area contributed by atoms with Crippen LogP contribution in [0, 0.1) is 0 Å². The van der Waals surface area contributed by atoms with E-state index in [0.717, 1.165) is 29.7 Å². The molecule has 0 spiro atoms. The van der Waals surface area contributed by atoms with Gasteiger partial charge < -0.3 is 9.67 Å². The molecular weight excluding hydrogens is 212 g/mol. The van der Waals surface area contributed by atoms with Crippen LogP contribution in [0.15, 0.2) is 24.3 Å². The zero-order valence-electron chi connectivity index (χ0n) is 10.8. The van der Waals surface area contributed by atoms with Crippen molar-refractivity contribution in [3.05, 3.63) is 30.1 Å². The number of nitrogens with zero attached hydrogens (tertiary/aromatic N) is 2. The highest BCUT2D eigenvalue weighted by molar-refractivity contribution is 5.75. The van der Waals surface area contributed by atoms with Gasteiger partial charge in [0.05, 0.1) is 23.2 Å². The zero-order valence-corrected chi connectivity index (χ0v) is 10.8. The average Bonchev–Trinajstić information content (AvgIpc) is 2.67. The average molecular weight is 232 g/mol. The van der Waals surface area contributed by atoms with E-state index in [1.54, 1.807) is 0 Å². The van der Waals surface area contributed by atoms with Crippen LogP contribution < -0.4 is 0 Å². The van der Waals surface area contributed by atoms with E-state index in [1.165, 1.54) is 0 Å². The van der Waals surface area contributed by atoms with Crippen molar-refractivity contribution in [3.63, 3.8) is 0 Å². The van der Waals surface area contributed by atoms with E-state index < -0.39 is 5.60 Å². The highest BCUT2D eigenvalue weighted by Gasteiger charge is 2.21. The molecule has 1 atom stereocenters. The minimum atomic E-state index is -0.673. The summed E-state index contributed by atoms with van der Waals surface area (Å²) in [5.74, 6) is 1.04. The Labute approximate surface area is 102 Å². The number of aromatic nitrogens is 2. The van der Waals surface area contributed by atoms with Crippen LogP contribution in [0.1, 0.15) is 33.0 Å². The molecule has 1 unspecified atom stereocenters. The van der Waals surface area contributed by atoms with E-state index in [2.05, 4.69) is 22.5 Å². The quantitative estimate of drug-likeness (QED) is 0.880. The third kappa shape index (κ3) is 2.34. The Morgan fingerprint density at radius 3 is 2.65 bits per heavy atom. The predicted molar refractivity (Wildman–Crippen MR) is 70.0 cm³/mol. The van der Waals surface area contributed by atoms with E-state index in [-0.39, 0.29) is 0 Å². The second-order valence-electron chi connectivity index (χ2n) is 4.81. The van der Waals surface area contributed by atoms with E-state index in [9.17, 15) is 5.11 Å². The first-order valence-corrected chi connectivity index (χ1v) is 6.24. The molecule has 0 radical (unpaired) electrons. The van der Waals surface area contributed by atoms with Gasteiger partial charge in [0.25, 0.3) is 0 Å². The number of benzene rings is 1. The maximum atomic E-state index is 10.2. The van der Waals surface area contributed by atoms with Gasteiger partial charge in [-0.1, -0.05) is 26.0 Å². The van der Waals surface area contributed by atoms with Gasteiger partial charge in [-0.25, -0.2) is 4.98 Å². The van der Waals surface area contributed by atoms with Crippen molar-refractivity contribution >= 4 is 11.0 Å². The summed E-state index contributed by atoms with van der Waals surface area (Å²) in [5.41, 5.74) is 1.45. The Hall–Kier alpha value is -1.35. The molecule has 3 heteroatoms. The smallest absolute Gasteiger partial charge is 0.109 e. The standard InChI is InChI=1S/C14H20N2O/c1-4-13-15-11-8-6-7-9-12(11)16(13)10-14(3,17)5-2/h6-9,17H,4-5,10H2,1-3H3. The first kappa shape index (κ1) is 12.1. The molecule has 0 aliphatic heterocycles. The largest absolute Gasteiger partial charge is 0.388 e. The first-order valence-electron chi connectivity index (χ1n) is 6.24. The van der Waals surface area contributed by atoms with Crippen LogP contribution >= 0.6 is 0 Å². The lowest BCUT2D eigenvalue weighted by Gasteiger charge is -2.23. The van der Waals surface area contributed by atoms with Gasteiger partial charge in [-0.05, 0) is 25.5 Å². The monoisotopic (exact) mass is 232 g/mol. The van der Waals surface area contributed by atoms with Gasteiger partial charge in [0.15, 0.2) is 0 Å². The van der Waals surface area contributed by atoms with Crippen molar-refractivity contribution in [2.75, 3.05) is 0 Å². The number of hydrogen-bond acceptors (Lipinski definition) is 2. The fourth-order valence-electron chi connectivity index (χ4n) is 2.02. The number of para-hydroxylation sites is 2. The molecule has 2 rings (SSSR count). The Balaban J connectivity index is 2.50. The van der Waals surface area contributed by atoms with Crippen molar-refractivity contribution in [3.8, 4) is 0 Å². The summed E-state index contributed by atoms with van der Waals surface area (Å²) in [7, 11) is 0. The van der Waals surface area contributed by atoms with Gasteiger partial charge in [-0.15, -0.1) is 0 Å². The number of aliphatic hydroxyl groups is 1. The van der Waals surface area contributed by atoms with E-state index in [1.807, 2.05) is 32.0 Å². The maximum absolute atomic E-state index is 10.2. The third-order valence-corrected chi connectivity index (χ3v) is 3.31. The van der Waals surface area contributed by atoms with Gasteiger partial charge in [0, 0.05) is 6.42 Å². The van der Waals surface area contributed by atoms with Crippen molar-refractivity contribution in [2.24, 2.45) is 0 Å². The zero-order chi connectivity index (χ0) is 12.5. The lowest BCUT2D eigenvalue weighted by Crippen LogP contribution is -2.30. The number of rotatable bonds is 4. The highest BCUT2D eigenvalue weighted by atomic mass is 16.3.